The summed E-state index contributed by atoms with van der Waals surface area (Å²) in [5, 5.41) is 13.2. The molecule has 0 aliphatic carbocycles. The normalized spacial score (nSPS) is 17.5. The third kappa shape index (κ3) is 4.42. The molecule has 0 fully saturated rings. The standard InChI is InChI=1S/C20H15FN4O4S2/c1-31(27,28)20-24-25-17(22)15(18(26)23-19(25)30-20)10-12-6-8-14(9-7-12)29-11-13-4-2-3-5-16(13)21/h2-10,22H,11H2,1H3/b15-10-,22-17?. The lowest BCUT2D eigenvalue weighted by molar-refractivity contribution is -0.114. The molecule has 11 heteroatoms. The zero-order valence-corrected chi connectivity index (χ0v) is 17.7. The Morgan fingerprint density at radius 3 is 2.58 bits per heavy atom. The molecule has 0 spiro atoms. The number of sulfone groups is 1. The van der Waals surface area contributed by atoms with Crippen LogP contribution >= 0.6 is 11.8 Å². The molecule has 0 aromatic heterocycles. The van der Waals surface area contributed by atoms with E-state index in [0.717, 1.165) is 23.0 Å². The lowest BCUT2D eigenvalue weighted by atomic mass is 10.1. The van der Waals surface area contributed by atoms with Crippen LogP contribution < -0.4 is 4.74 Å². The number of halogens is 1. The average Bonchev–Trinajstić information content (AvgIpc) is 3.16. The molecule has 2 aromatic rings. The van der Waals surface area contributed by atoms with Crippen LogP contribution in [0.5, 0.6) is 5.75 Å². The van der Waals surface area contributed by atoms with Crippen molar-refractivity contribution in [3.05, 3.63) is 71.0 Å². The van der Waals surface area contributed by atoms with E-state index in [1.807, 2.05) is 0 Å². The van der Waals surface area contributed by atoms with Crippen molar-refractivity contribution in [1.82, 2.24) is 5.01 Å². The molecular formula is C20H15FN4O4S2. The van der Waals surface area contributed by atoms with E-state index >= 15 is 0 Å². The minimum Gasteiger partial charge on any atom is -0.489 e. The van der Waals surface area contributed by atoms with Crippen LogP contribution in [0, 0.1) is 11.2 Å². The lowest BCUT2D eigenvalue weighted by Crippen LogP contribution is -2.35. The molecule has 4 rings (SSSR count). The lowest BCUT2D eigenvalue weighted by Gasteiger charge is -2.20. The molecule has 0 atom stereocenters. The highest BCUT2D eigenvalue weighted by atomic mass is 32.3. The number of benzene rings is 2. The van der Waals surface area contributed by atoms with Crippen molar-refractivity contribution in [3.63, 3.8) is 0 Å². The van der Waals surface area contributed by atoms with Crippen molar-refractivity contribution < 1.29 is 22.3 Å². The van der Waals surface area contributed by atoms with Crippen molar-refractivity contribution in [2.45, 2.75) is 6.61 Å². The molecule has 2 aromatic carbocycles. The number of aliphatic imine (C=N–C) groups is 1. The third-order valence-corrected chi connectivity index (χ3v) is 6.87. The number of fused-ring (bicyclic) bond motifs is 1. The van der Waals surface area contributed by atoms with Crippen molar-refractivity contribution in [2.24, 2.45) is 10.1 Å². The van der Waals surface area contributed by atoms with E-state index in [4.69, 9.17) is 10.1 Å². The topological polar surface area (TPSA) is 112 Å². The Morgan fingerprint density at radius 2 is 1.90 bits per heavy atom. The fraction of sp³-hybridized carbons (Fsp3) is 0.100. The summed E-state index contributed by atoms with van der Waals surface area (Å²) >= 11 is 0.730. The maximum absolute atomic E-state index is 13.7. The van der Waals surface area contributed by atoms with E-state index in [0.29, 0.717) is 16.9 Å². The molecule has 2 heterocycles. The number of ether oxygens (including phenoxy) is 1. The Kier molecular flexibility index (Phi) is 5.46. The summed E-state index contributed by atoms with van der Waals surface area (Å²) in [6, 6.07) is 13.0. The predicted octanol–water partition coefficient (Wildman–Crippen LogP) is 3.03. The molecule has 2 aliphatic heterocycles. The van der Waals surface area contributed by atoms with Gasteiger partial charge in [-0.2, -0.15) is 10.0 Å². The van der Waals surface area contributed by atoms with Crippen molar-refractivity contribution in [1.29, 1.82) is 5.41 Å². The van der Waals surface area contributed by atoms with Gasteiger partial charge in [0.25, 0.3) is 5.91 Å². The van der Waals surface area contributed by atoms with E-state index in [-0.39, 0.29) is 33.4 Å². The van der Waals surface area contributed by atoms with Crippen LogP contribution in [0.4, 0.5) is 4.39 Å². The van der Waals surface area contributed by atoms with Crippen molar-refractivity contribution in [3.8, 4) is 5.75 Å². The summed E-state index contributed by atoms with van der Waals surface area (Å²) in [7, 11) is -3.59. The van der Waals surface area contributed by atoms with Gasteiger partial charge in [0.1, 0.15) is 18.2 Å². The molecule has 31 heavy (non-hydrogen) atoms. The van der Waals surface area contributed by atoms with Crippen LogP contribution in [0.3, 0.4) is 0 Å². The van der Waals surface area contributed by atoms with Gasteiger partial charge in [0, 0.05) is 11.8 Å². The van der Waals surface area contributed by atoms with Gasteiger partial charge in [-0.15, -0.1) is 5.10 Å². The van der Waals surface area contributed by atoms with Crippen LogP contribution in [0.25, 0.3) is 6.08 Å². The van der Waals surface area contributed by atoms with E-state index in [9.17, 15) is 17.6 Å². The highest BCUT2D eigenvalue weighted by molar-refractivity contribution is 8.42. The molecule has 2 aliphatic rings. The van der Waals surface area contributed by atoms with Crippen LogP contribution in [0.2, 0.25) is 0 Å². The first-order valence-corrected chi connectivity index (χ1v) is 11.6. The monoisotopic (exact) mass is 458 g/mol. The number of amides is 1. The Bertz CT molecular complexity index is 1280. The first-order chi connectivity index (χ1) is 14.7. The maximum Gasteiger partial charge on any atom is 0.283 e. The molecule has 8 nitrogen and oxygen atoms in total. The van der Waals surface area contributed by atoms with Crippen LogP contribution in [-0.4, -0.2) is 41.0 Å². The Labute approximate surface area is 181 Å². The number of thioether (sulfide) groups is 1. The molecule has 1 amide bonds. The summed E-state index contributed by atoms with van der Waals surface area (Å²) in [6.07, 6.45) is 2.46. The fourth-order valence-electron chi connectivity index (χ4n) is 2.73. The maximum atomic E-state index is 13.7. The number of amidine groups is 2. The predicted molar refractivity (Wildman–Crippen MR) is 117 cm³/mol. The van der Waals surface area contributed by atoms with Gasteiger partial charge >= 0.3 is 0 Å². The number of hydrazone groups is 1. The average molecular weight is 458 g/mol. The number of hydrogen-bond acceptors (Lipinski definition) is 7. The third-order valence-electron chi connectivity index (χ3n) is 4.30. The van der Waals surface area contributed by atoms with Gasteiger partial charge in [0.15, 0.2) is 5.84 Å². The van der Waals surface area contributed by atoms with Gasteiger partial charge in [-0.3, -0.25) is 10.2 Å². The molecule has 0 unspecified atom stereocenters. The molecule has 1 N–H and O–H groups in total. The van der Waals surface area contributed by atoms with Gasteiger partial charge in [-0.1, -0.05) is 30.3 Å². The largest absolute Gasteiger partial charge is 0.489 e. The van der Waals surface area contributed by atoms with Crippen molar-refractivity contribution >= 4 is 49.0 Å². The van der Waals surface area contributed by atoms with Gasteiger partial charge in [-0.05, 0) is 41.6 Å². The second-order valence-electron chi connectivity index (χ2n) is 6.61. The van der Waals surface area contributed by atoms with Crippen LogP contribution in [-0.2, 0) is 21.2 Å². The number of nitrogens with one attached hydrogen (secondary N) is 1. The second-order valence-corrected chi connectivity index (χ2v) is 9.75. The molecular weight excluding hydrogens is 443 g/mol. The number of carbonyl (C=O) groups is 1. The first kappa shape index (κ1) is 20.9. The summed E-state index contributed by atoms with van der Waals surface area (Å²) in [5.41, 5.74) is 1.01. The molecule has 0 saturated carbocycles. The summed E-state index contributed by atoms with van der Waals surface area (Å²) in [5.74, 6) is -0.761. The van der Waals surface area contributed by atoms with Crippen LogP contribution in [0.15, 0.2) is 64.2 Å². The first-order valence-electron chi connectivity index (χ1n) is 8.89. The SMILES string of the molecule is CS(=O)(=O)C1=NN2C(=N)/C(=C/c3ccc(OCc4ccccc4F)cc3)C(=O)N=C2S1. The Morgan fingerprint density at radius 1 is 1.19 bits per heavy atom. The number of hydrogen-bond donors (Lipinski definition) is 1. The zero-order valence-electron chi connectivity index (χ0n) is 16.1. The fourth-order valence-corrected chi connectivity index (χ4v) is 4.41. The Hall–Kier alpha value is -3.31. The summed E-state index contributed by atoms with van der Waals surface area (Å²) in [4.78, 5) is 16.2. The smallest absolute Gasteiger partial charge is 0.283 e. The number of rotatable bonds is 4. The highest BCUT2D eigenvalue weighted by Gasteiger charge is 2.38. The highest BCUT2D eigenvalue weighted by Crippen LogP contribution is 2.30. The van der Waals surface area contributed by atoms with Gasteiger partial charge < -0.3 is 4.74 Å². The second kappa shape index (κ2) is 8.08. The van der Waals surface area contributed by atoms with E-state index in [1.54, 1.807) is 42.5 Å². The van der Waals surface area contributed by atoms with E-state index in [2.05, 4.69) is 10.1 Å². The minimum atomic E-state index is -3.59. The minimum absolute atomic E-state index is 0.0251. The summed E-state index contributed by atoms with van der Waals surface area (Å²) < 4.78 is 42.4. The van der Waals surface area contributed by atoms with E-state index in [1.165, 1.54) is 12.1 Å². The molecule has 0 saturated heterocycles. The van der Waals surface area contributed by atoms with Gasteiger partial charge in [-0.25, -0.2) is 12.8 Å². The molecule has 0 radical (unpaired) electrons. The quantitative estimate of drug-likeness (QED) is 0.705. The van der Waals surface area contributed by atoms with Gasteiger partial charge in [0.2, 0.25) is 19.4 Å². The zero-order chi connectivity index (χ0) is 22.2. The number of carbonyl (C=O) groups excluding carboxylic acids is 1. The number of nitrogens with zero attached hydrogens (tertiary/aromatic N) is 3. The van der Waals surface area contributed by atoms with Gasteiger partial charge in [0.05, 0.1) is 5.57 Å². The molecule has 158 valence electrons. The molecule has 0 bridgehead atoms. The van der Waals surface area contributed by atoms with Crippen molar-refractivity contribution in [2.75, 3.05) is 6.26 Å². The summed E-state index contributed by atoms with van der Waals surface area (Å²) in [6.45, 7) is 0.0705. The van der Waals surface area contributed by atoms with Crippen LogP contribution in [0.1, 0.15) is 11.1 Å². The Balaban J connectivity index is 1.51. The van der Waals surface area contributed by atoms with E-state index < -0.39 is 15.7 Å².